The Morgan fingerprint density at radius 1 is 1.17 bits per heavy atom. The van der Waals surface area contributed by atoms with Gasteiger partial charge in [-0.25, -0.2) is 4.98 Å². The van der Waals surface area contributed by atoms with E-state index in [2.05, 4.69) is 4.40 Å². The summed E-state index contributed by atoms with van der Waals surface area (Å²) in [7, 11) is 3.24. The summed E-state index contributed by atoms with van der Waals surface area (Å²) < 4.78 is 12.9. The quantitative estimate of drug-likeness (QED) is 0.660. The number of ether oxygens (including phenoxy) is 2. The second kappa shape index (κ2) is 8.13. The number of fused-ring (bicyclic) bond motifs is 1. The lowest BCUT2D eigenvalue weighted by molar-refractivity contribution is -0.919. The van der Waals surface area contributed by atoms with Crippen molar-refractivity contribution < 1.29 is 24.3 Å². The van der Waals surface area contributed by atoms with Gasteiger partial charge in [0.1, 0.15) is 17.9 Å². The van der Waals surface area contributed by atoms with Crippen molar-refractivity contribution in [3.05, 3.63) is 48.3 Å². The molecule has 0 unspecified atom stereocenters. The van der Waals surface area contributed by atoms with Gasteiger partial charge in [-0.3, -0.25) is 4.40 Å². The molecule has 1 saturated heterocycles. The number of carboxylic acid groups (broad SMARTS) is 1. The molecule has 3 heterocycles. The molecule has 0 spiro atoms. The summed E-state index contributed by atoms with van der Waals surface area (Å²) in [6.07, 6.45) is 3.33. The molecular formula is C22H25N3O4. The van der Waals surface area contributed by atoms with Crippen LogP contribution in [-0.2, 0) is 11.3 Å². The standard InChI is InChI=1S/C22H25N3O4/c1-28-18-7-6-16(13-19(18)29-2)21-17(25-10-4-3-5-20(25)23-21)14-24-11-8-15(9-12-24)22(26)27/h3-7,10,13,15H,8-9,11-12,14H2,1-2H3,(H,26,27). The number of aliphatic carboxylic acids is 1. The maximum absolute atomic E-state index is 11.1. The Kier molecular flexibility index (Phi) is 5.40. The minimum atomic E-state index is -0.926. The molecule has 7 heteroatoms. The number of imidazole rings is 1. The number of likely N-dealkylation sites (tertiary alicyclic amines) is 1. The molecule has 152 valence electrons. The first-order chi connectivity index (χ1) is 14.1. The molecule has 2 aromatic heterocycles. The van der Waals surface area contributed by atoms with Crippen molar-refractivity contribution in [2.75, 3.05) is 27.3 Å². The molecule has 0 aliphatic carbocycles. The highest BCUT2D eigenvalue weighted by molar-refractivity contribution is 5.69. The number of nitrogens with one attached hydrogen (secondary N) is 1. The SMILES string of the molecule is COc1ccc(-c2nc3ccccn3c2C[NH+]2CCC(C(=O)[O-])CC2)cc1OC. The fourth-order valence-electron chi connectivity index (χ4n) is 4.11. The summed E-state index contributed by atoms with van der Waals surface area (Å²) in [5, 5.41) is 11.1. The zero-order valence-electron chi connectivity index (χ0n) is 16.7. The van der Waals surface area contributed by atoms with Crippen LogP contribution >= 0.6 is 0 Å². The second-order valence-electron chi connectivity index (χ2n) is 7.43. The Balaban J connectivity index is 1.69. The van der Waals surface area contributed by atoms with Crippen molar-refractivity contribution in [1.29, 1.82) is 0 Å². The van der Waals surface area contributed by atoms with Crippen LogP contribution in [0.3, 0.4) is 0 Å². The summed E-state index contributed by atoms with van der Waals surface area (Å²) in [4.78, 5) is 17.4. The number of aromatic nitrogens is 2. The van der Waals surface area contributed by atoms with Crippen molar-refractivity contribution >= 4 is 11.6 Å². The van der Waals surface area contributed by atoms with Crippen LogP contribution in [0.5, 0.6) is 11.5 Å². The monoisotopic (exact) mass is 395 g/mol. The number of carbonyl (C=O) groups excluding carboxylic acids is 1. The number of pyridine rings is 1. The molecule has 1 aliphatic rings. The van der Waals surface area contributed by atoms with Gasteiger partial charge in [-0.15, -0.1) is 0 Å². The largest absolute Gasteiger partial charge is 0.550 e. The molecule has 3 aromatic rings. The van der Waals surface area contributed by atoms with Crippen LogP contribution in [-0.4, -0.2) is 42.7 Å². The lowest BCUT2D eigenvalue weighted by Crippen LogP contribution is -3.12. The predicted molar refractivity (Wildman–Crippen MR) is 106 cm³/mol. The number of benzene rings is 1. The minimum Gasteiger partial charge on any atom is -0.550 e. The van der Waals surface area contributed by atoms with Crippen LogP contribution in [0.2, 0.25) is 0 Å². The molecule has 4 rings (SSSR count). The highest BCUT2D eigenvalue weighted by atomic mass is 16.5. The van der Waals surface area contributed by atoms with Crippen molar-refractivity contribution in [2.24, 2.45) is 5.92 Å². The highest BCUT2D eigenvalue weighted by Gasteiger charge is 2.26. The average Bonchev–Trinajstić information content (AvgIpc) is 3.12. The van der Waals surface area contributed by atoms with E-state index < -0.39 is 5.97 Å². The van der Waals surface area contributed by atoms with Crippen molar-refractivity contribution in [3.63, 3.8) is 0 Å². The third-order valence-corrected chi connectivity index (χ3v) is 5.73. The molecule has 29 heavy (non-hydrogen) atoms. The Morgan fingerprint density at radius 2 is 1.93 bits per heavy atom. The summed E-state index contributed by atoms with van der Waals surface area (Å²) in [6, 6.07) is 11.8. The van der Waals surface area contributed by atoms with Gasteiger partial charge in [0.15, 0.2) is 11.5 Å². The zero-order chi connectivity index (χ0) is 20.4. The first-order valence-corrected chi connectivity index (χ1v) is 9.83. The van der Waals surface area contributed by atoms with E-state index in [0.717, 1.165) is 42.2 Å². The number of hydrogen-bond donors (Lipinski definition) is 1. The predicted octanol–water partition coefficient (Wildman–Crippen LogP) is 0.563. The molecule has 0 radical (unpaired) electrons. The van der Waals surface area contributed by atoms with E-state index in [1.165, 1.54) is 4.90 Å². The normalized spacial score (nSPS) is 19.2. The lowest BCUT2D eigenvalue weighted by atomic mass is 9.97. The minimum absolute atomic E-state index is 0.328. The molecule has 0 saturated carbocycles. The van der Waals surface area contributed by atoms with Crippen LogP contribution in [0.1, 0.15) is 18.5 Å². The first-order valence-electron chi connectivity index (χ1n) is 9.83. The molecule has 0 bridgehead atoms. The Hall–Kier alpha value is -3.06. The van der Waals surface area contributed by atoms with Gasteiger partial charge in [-0.1, -0.05) is 6.07 Å². The fourth-order valence-corrected chi connectivity index (χ4v) is 4.11. The van der Waals surface area contributed by atoms with E-state index in [-0.39, 0.29) is 5.92 Å². The Morgan fingerprint density at radius 3 is 2.62 bits per heavy atom. The van der Waals surface area contributed by atoms with Crippen molar-refractivity contribution in [2.45, 2.75) is 19.4 Å². The van der Waals surface area contributed by atoms with Gasteiger partial charge in [0.2, 0.25) is 0 Å². The number of hydrogen-bond acceptors (Lipinski definition) is 5. The molecule has 1 aliphatic heterocycles. The molecule has 1 aromatic carbocycles. The second-order valence-corrected chi connectivity index (χ2v) is 7.43. The van der Waals surface area contributed by atoms with Crippen LogP contribution in [0, 0.1) is 5.92 Å². The number of nitrogens with zero attached hydrogens (tertiary/aromatic N) is 2. The van der Waals surface area contributed by atoms with E-state index in [0.29, 0.717) is 24.3 Å². The van der Waals surface area contributed by atoms with Gasteiger partial charge in [-0.05, 0) is 30.3 Å². The van der Waals surface area contributed by atoms with E-state index in [9.17, 15) is 9.90 Å². The summed E-state index contributed by atoms with van der Waals surface area (Å²) in [6.45, 7) is 2.39. The van der Waals surface area contributed by atoms with Crippen LogP contribution < -0.4 is 19.5 Å². The number of piperidine rings is 1. The molecule has 0 amide bonds. The maximum Gasteiger partial charge on any atom is 0.161 e. The van der Waals surface area contributed by atoms with Gasteiger partial charge in [0, 0.05) is 36.5 Å². The average molecular weight is 395 g/mol. The fraction of sp³-hybridized carbons (Fsp3) is 0.364. The molecular weight excluding hydrogens is 370 g/mol. The van der Waals surface area contributed by atoms with Gasteiger partial charge in [0.05, 0.1) is 33.0 Å². The Labute approximate surface area is 169 Å². The van der Waals surface area contributed by atoms with E-state index in [4.69, 9.17) is 14.5 Å². The number of quaternary nitrogens is 1. The summed E-state index contributed by atoms with van der Waals surface area (Å²) in [5.41, 5.74) is 3.86. The van der Waals surface area contributed by atoms with Crippen LogP contribution in [0.25, 0.3) is 16.9 Å². The van der Waals surface area contributed by atoms with Gasteiger partial charge in [0.25, 0.3) is 0 Å². The van der Waals surface area contributed by atoms with Crippen molar-refractivity contribution in [1.82, 2.24) is 9.38 Å². The Bertz CT molecular complexity index is 1020. The lowest BCUT2D eigenvalue weighted by Gasteiger charge is -2.29. The first kappa shape index (κ1) is 19.3. The number of carboxylic acids is 1. The van der Waals surface area contributed by atoms with E-state index in [1.807, 2.05) is 42.6 Å². The summed E-state index contributed by atoms with van der Waals surface area (Å²) in [5.74, 6) is 0.0859. The van der Waals surface area contributed by atoms with E-state index in [1.54, 1.807) is 14.2 Å². The number of methoxy groups -OCH3 is 2. The molecule has 1 fully saturated rings. The smallest absolute Gasteiger partial charge is 0.161 e. The van der Waals surface area contributed by atoms with Gasteiger partial charge >= 0.3 is 0 Å². The topological polar surface area (TPSA) is 80.3 Å². The number of rotatable bonds is 6. The van der Waals surface area contributed by atoms with Gasteiger partial charge in [-0.2, -0.15) is 0 Å². The zero-order valence-corrected chi connectivity index (χ0v) is 16.7. The van der Waals surface area contributed by atoms with Crippen LogP contribution in [0.15, 0.2) is 42.6 Å². The van der Waals surface area contributed by atoms with E-state index >= 15 is 0 Å². The molecule has 7 nitrogen and oxygen atoms in total. The highest BCUT2D eigenvalue weighted by Crippen LogP contribution is 2.33. The third-order valence-electron chi connectivity index (χ3n) is 5.73. The van der Waals surface area contributed by atoms with Crippen LogP contribution in [0.4, 0.5) is 0 Å². The van der Waals surface area contributed by atoms with Gasteiger partial charge < -0.3 is 24.3 Å². The number of carbonyl (C=O) groups is 1. The maximum atomic E-state index is 11.1. The molecule has 1 N–H and O–H groups in total. The summed E-state index contributed by atoms with van der Waals surface area (Å²) >= 11 is 0. The molecule has 0 atom stereocenters. The third kappa shape index (κ3) is 3.78. The van der Waals surface area contributed by atoms with Crippen molar-refractivity contribution in [3.8, 4) is 22.8 Å².